The zero-order chi connectivity index (χ0) is 12.3. The van der Waals surface area contributed by atoms with Gasteiger partial charge in [-0.3, -0.25) is 4.79 Å². The zero-order valence-corrected chi connectivity index (χ0v) is 11.2. The monoisotopic (exact) mass is 238 g/mol. The molecule has 1 saturated heterocycles. The summed E-state index contributed by atoms with van der Waals surface area (Å²) in [4.78, 5) is 14.6. The third-order valence-electron chi connectivity index (χ3n) is 4.56. The Morgan fingerprint density at radius 3 is 2.59 bits per heavy atom. The molecule has 2 rings (SSSR count). The van der Waals surface area contributed by atoms with Crippen LogP contribution < -0.4 is 5.32 Å². The quantitative estimate of drug-likeness (QED) is 0.798. The number of nitrogens with zero attached hydrogens (tertiary/aromatic N) is 1. The molecule has 1 atom stereocenters. The van der Waals surface area contributed by atoms with E-state index in [0.29, 0.717) is 17.9 Å². The van der Waals surface area contributed by atoms with Crippen molar-refractivity contribution in [2.24, 2.45) is 11.8 Å². The Hall–Kier alpha value is -0.570. The van der Waals surface area contributed by atoms with Gasteiger partial charge in [-0.15, -0.1) is 0 Å². The third kappa shape index (κ3) is 3.01. The Bertz CT molecular complexity index is 259. The Balaban J connectivity index is 1.87. The molecule has 1 aliphatic heterocycles. The minimum absolute atomic E-state index is 0.318. The van der Waals surface area contributed by atoms with E-state index in [0.717, 1.165) is 38.4 Å². The van der Waals surface area contributed by atoms with Gasteiger partial charge in [0.15, 0.2) is 0 Å². The Morgan fingerprint density at radius 1 is 1.29 bits per heavy atom. The van der Waals surface area contributed by atoms with E-state index >= 15 is 0 Å². The van der Waals surface area contributed by atoms with E-state index in [-0.39, 0.29) is 0 Å². The number of piperazine rings is 1. The van der Waals surface area contributed by atoms with Crippen LogP contribution in [0.4, 0.5) is 0 Å². The van der Waals surface area contributed by atoms with Gasteiger partial charge in [-0.05, 0) is 38.5 Å². The molecule has 0 radical (unpaired) electrons. The minimum Gasteiger partial charge on any atom is -0.337 e. The van der Waals surface area contributed by atoms with Crippen molar-refractivity contribution in [3.05, 3.63) is 0 Å². The molecule has 3 heteroatoms. The molecule has 0 unspecified atom stereocenters. The fraction of sp³-hybridized carbons (Fsp3) is 0.929. The second-order valence-corrected chi connectivity index (χ2v) is 5.71. The summed E-state index contributed by atoms with van der Waals surface area (Å²) in [6, 6.07) is 0.375. The summed E-state index contributed by atoms with van der Waals surface area (Å²) in [6.45, 7) is 7.23. The molecule has 1 amide bonds. The third-order valence-corrected chi connectivity index (χ3v) is 4.56. The fourth-order valence-electron chi connectivity index (χ4n) is 3.22. The van der Waals surface area contributed by atoms with Crippen molar-refractivity contribution in [3.8, 4) is 0 Å². The highest BCUT2D eigenvalue weighted by molar-refractivity contribution is 5.79. The Kier molecular flexibility index (Phi) is 4.43. The zero-order valence-electron chi connectivity index (χ0n) is 11.2. The van der Waals surface area contributed by atoms with Crippen LogP contribution in [0.5, 0.6) is 0 Å². The summed E-state index contributed by atoms with van der Waals surface area (Å²) in [5.74, 6) is 1.62. The van der Waals surface area contributed by atoms with Gasteiger partial charge in [-0.25, -0.2) is 0 Å². The Labute approximate surface area is 105 Å². The van der Waals surface area contributed by atoms with Crippen molar-refractivity contribution in [1.82, 2.24) is 10.2 Å². The van der Waals surface area contributed by atoms with Gasteiger partial charge in [0.25, 0.3) is 0 Å². The largest absolute Gasteiger partial charge is 0.337 e. The van der Waals surface area contributed by atoms with Crippen LogP contribution in [-0.4, -0.2) is 36.5 Å². The standard InChI is InChI=1S/C14H26N2O/c1-3-12-4-6-13(7-5-12)14(17)16-9-8-15-10-11(16)2/h11-13,15H,3-10H2,1-2H3/t11-,12?,13?/m1/s1. The van der Waals surface area contributed by atoms with Crippen molar-refractivity contribution >= 4 is 5.91 Å². The number of rotatable bonds is 2. The lowest BCUT2D eigenvalue weighted by atomic mass is 9.80. The van der Waals surface area contributed by atoms with Gasteiger partial charge >= 0.3 is 0 Å². The number of hydrogen-bond donors (Lipinski definition) is 1. The first-order chi connectivity index (χ1) is 8.22. The summed E-state index contributed by atoms with van der Waals surface area (Å²) in [5.41, 5.74) is 0. The lowest BCUT2D eigenvalue weighted by Gasteiger charge is -2.38. The molecular weight excluding hydrogens is 212 g/mol. The molecule has 17 heavy (non-hydrogen) atoms. The highest BCUT2D eigenvalue weighted by atomic mass is 16.2. The van der Waals surface area contributed by atoms with E-state index in [4.69, 9.17) is 0 Å². The predicted octanol–water partition coefficient (Wildman–Crippen LogP) is 2.02. The molecule has 0 aromatic heterocycles. The first-order valence-corrected chi connectivity index (χ1v) is 7.23. The molecular formula is C14H26N2O. The maximum Gasteiger partial charge on any atom is 0.226 e. The van der Waals surface area contributed by atoms with Crippen molar-refractivity contribution in [3.63, 3.8) is 0 Å². The van der Waals surface area contributed by atoms with E-state index in [1.54, 1.807) is 0 Å². The number of carbonyl (C=O) groups excluding carboxylic acids is 1. The molecule has 1 N–H and O–H groups in total. The molecule has 1 heterocycles. The molecule has 0 bridgehead atoms. The summed E-state index contributed by atoms with van der Waals surface area (Å²) >= 11 is 0. The van der Waals surface area contributed by atoms with Crippen LogP contribution in [0.3, 0.4) is 0 Å². The van der Waals surface area contributed by atoms with Crippen LogP contribution in [0.1, 0.15) is 46.0 Å². The highest BCUT2D eigenvalue weighted by Crippen LogP contribution is 2.32. The van der Waals surface area contributed by atoms with Gasteiger partial charge in [0.1, 0.15) is 0 Å². The molecule has 1 saturated carbocycles. The maximum atomic E-state index is 12.5. The second-order valence-electron chi connectivity index (χ2n) is 5.71. The van der Waals surface area contributed by atoms with Crippen LogP contribution in [0.15, 0.2) is 0 Å². The Morgan fingerprint density at radius 2 is 2.00 bits per heavy atom. The molecule has 1 aliphatic carbocycles. The fourth-order valence-corrected chi connectivity index (χ4v) is 3.22. The molecule has 0 aromatic carbocycles. The second kappa shape index (κ2) is 5.85. The molecule has 2 aliphatic rings. The minimum atomic E-state index is 0.318. The number of hydrogen-bond acceptors (Lipinski definition) is 2. The molecule has 2 fully saturated rings. The first-order valence-electron chi connectivity index (χ1n) is 7.23. The lowest BCUT2D eigenvalue weighted by molar-refractivity contribution is -0.139. The summed E-state index contributed by atoms with van der Waals surface area (Å²) in [7, 11) is 0. The number of amides is 1. The van der Waals surface area contributed by atoms with Crippen LogP contribution in [-0.2, 0) is 4.79 Å². The maximum absolute atomic E-state index is 12.5. The van der Waals surface area contributed by atoms with Gasteiger partial charge in [0.2, 0.25) is 5.91 Å². The van der Waals surface area contributed by atoms with Crippen LogP contribution in [0.2, 0.25) is 0 Å². The topological polar surface area (TPSA) is 32.3 Å². The summed E-state index contributed by atoms with van der Waals surface area (Å²) in [6.07, 6.45) is 6.04. The van der Waals surface area contributed by atoms with Crippen LogP contribution in [0, 0.1) is 11.8 Å². The number of nitrogens with one attached hydrogen (secondary N) is 1. The smallest absolute Gasteiger partial charge is 0.226 e. The van der Waals surface area contributed by atoms with E-state index in [1.807, 2.05) is 0 Å². The molecule has 98 valence electrons. The van der Waals surface area contributed by atoms with Gasteiger partial charge < -0.3 is 10.2 Å². The molecule has 0 spiro atoms. The van der Waals surface area contributed by atoms with E-state index in [1.165, 1.54) is 19.3 Å². The summed E-state index contributed by atoms with van der Waals surface area (Å²) in [5, 5.41) is 3.34. The van der Waals surface area contributed by atoms with E-state index in [9.17, 15) is 4.79 Å². The lowest BCUT2D eigenvalue weighted by Crippen LogP contribution is -2.54. The average molecular weight is 238 g/mol. The van der Waals surface area contributed by atoms with Crippen molar-refractivity contribution in [1.29, 1.82) is 0 Å². The summed E-state index contributed by atoms with van der Waals surface area (Å²) < 4.78 is 0. The highest BCUT2D eigenvalue weighted by Gasteiger charge is 2.31. The van der Waals surface area contributed by atoms with E-state index < -0.39 is 0 Å². The normalized spacial score (nSPS) is 34.7. The first kappa shape index (κ1) is 12.9. The van der Waals surface area contributed by atoms with Crippen molar-refractivity contribution in [2.75, 3.05) is 19.6 Å². The van der Waals surface area contributed by atoms with Gasteiger partial charge in [-0.2, -0.15) is 0 Å². The van der Waals surface area contributed by atoms with Crippen molar-refractivity contribution in [2.45, 2.75) is 52.0 Å². The predicted molar refractivity (Wildman–Crippen MR) is 69.8 cm³/mol. The van der Waals surface area contributed by atoms with Crippen LogP contribution in [0.25, 0.3) is 0 Å². The molecule has 0 aromatic rings. The van der Waals surface area contributed by atoms with Crippen molar-refractivity contribution < 1.29 is 4.79 Å². The van der Waals surface area contributed by atoms with Crippen LogP contribution >= 0.6 is 0 Å². The average Bonchev–Trinajstić information content (AvgIpc) is 2.39. The SMILES string of the molecule is CCC1CCC(C(=O)N2CCNC[C@H]2C)CC1. The molecule has 3 nitrogen and oxygen atoms in total. The van der Waals surface area contributed by atoms with Gasteiger partial charge in [-0.1, -0.05) is 13.3 Å². The van der Waals surface area contributed by atoms with Gasteiger partial charge in [0.05, 0.1) is 0 Å². The number of carbonyl (C=O) groups is 1. The van der Waals surface area contributed by atoms with Gasteiger partial charge in [0, 0.05) is 31.6 Å². The van der Waals surface area contributed by atoms with E-state index in [2.05, 4.69) is 24.1 Å².